The van der Waals surface area contributed by atoms with Crippen molar-refractivity contribution in [1.82, 2.24) is 19.2 Å². The minimum atomic E-state index is -0.169. The lowest BCUT2D eigenvalue weighted by atomic mass is 10.1. The van der Waals surface area contributed by atoms with E-state index in [0.29, 0.717) is 16.7 Å². The largest absolute Gasteiger partial charge is 0.303 e. The van der Waals surface area contributed by atoms with E-state index in [1.807, 2.05) is 38.2 Å². The predicted octanol–water partition coefficient (Wildman–Crippen LogP) is 5.67. The van der Waals surface area contributed by atoms with E-state index in [-0.39, 0.29) is 11.5 Å². The maximum Gasteiger partial charge on any atom is 0.282 e. The molecule has 0 radical (unpaired) electrons. The minimum Gasteiger partial charge on any atom is -0.303 e. The lowest BCUT2D eigenvalue weighted by Gasteiger charge is -2.14. The zero-order valence-electron chi connectivity index (χ0n) is 18.9. The molecule has 0 aliphatic carbocycles. The van der Waals surface area contributed by atoms with Crippen LogP contribution in [0.2, 0.25) is 0 Å². The summed E-state index contributed by atoms with van der Waals surface area (Å²) in [5.41, 5.74) is 4.66. The van der Waals surface area contributed by atoms with E-state index >= 15 is 0 Å². The lowest BCUT2D eigenvalue weighted by Crippen LogP contribution is -2.23. The Balaban J connectivity index is 1.85. The molecule has 0 spiro atoms. The van der Waals surface area contributed by atoms with Crippen LogP contribution in [0.15, 0.2) is 57.0 Å². The van der Waals surface area contributed by atoms with Crippen molar-refractivity contribution >= 4 is 33.0 Å². The number of pyridine rings is 1. The number of benzene rings is 1. The van der Waals surface area contributed by atoms with Gasteiger partial charge >= 0.3 is 0 Å². The van der Waals surface area contributed by atoms with Crippen LogP contribution in [-0.4, -0.2) is 25.4 Å². The zero-order chi connectivity index (χ0) is 23.0. The first-order valence-corrected chi connectivity index (χ1v) is 11.5. The number of hydrogen-bond donors (Lipinski definition) is 0. The van der Waals surface area contributed by atoms with Crippen LogP contribution in [0.4, 0.5) is 0 Å². The summed E-state index contributed by atoms with van der Waals surface area (Å²) >= 11 is 3.45. The summed E-state index contributed by atoms with van der Waals surface area (Å²) in [7, 11) is 0. The molecule has 164 valence electrons. The van der Waals surface area contributed by atoms with Crippen molar-refractivity contribution < 1.29 is 0 Å². The van der Waals surface area contributed by atoms with Gasteiger partial charge in [0, 0.05) is 33.5 Å². The monoisotopic (exact) mass is 491 g/mol. The van der Waals surface area contributed by atoms with Gasteiger partial charge in [0.15, 0.2) is 0 Å². The van der Waals surface area contributed by atoms with Crippen LogP contribution in [-0.2, 0) is 0 Å². The summed E-state index contributed by atoms with van der Waals surface area (Å²) in [5, 5.41) is 5.16. The molecule has 0 saturated heterocycles. The molecule has 1 atom stereocenters. The third kappa shape index (κ3) is 4.05. The Bertz CT molecular complexity index is 1400. The molecular formula is C25H26BrN5O. The van der Waals surface area contributed by atoms with Gasteiger partial charge in [-0.1, -0.05) is 29.8 Å². The summed E-state index contributed by atoms with van der Waals surface area (Å²) in [6, 6.07) is 11.7. The number of halogens is 1. The minimum absolute atomic E-state index is 0.0943. The van der Waals surface area contributed by atoms with Gasteiger partial charge < -0.3 is 4.57 Å². The molecule has 0 bridgehead atoms. The second-order valence-electron chi connectivity index (χ2n) is 8.16. The first kappa shape index (κ1) is 22.1. The average Bonchev–Trinajstić information content (AvgIpc) is 3.05. The van der Waals surface area contributed by atoms with Crippen LogP contribution < -0.4 is 5.56 Å². The maximum absolute atomic E-state index is 13.3. The van der Waals surface area contributed by atoms with Gasteiger partial charge in [-0.3, -0.25) is 4.79 Å². The molecule has 0 unspecified atom stereocenters. The van der Waals surface area contributed by atoms with E-state index < -0.39 is 0 Å². The van der Waals surface area contributed by atoms with Crippen LogP contribution in [0.5, 0.6) is 0 Å². The number of nitrogens with zero attached hydrogens (tertiary/aromatic N) is 5. The number of aromatic nitrogens is 4. The number of rotatable bonds is 5. The fraction of sp³-hybridized carbons (Fsp3) is 0.280. The summed E-state index contributed by atoms with van der Waals surface area (Å²) < 4.78 is 4.38. The van der Waals surface area contributed by atoms with Crippen molar-refractivity contribution in [3.05, 3.63) is 85.8 Å². The molecule has 7 heteroatoms. The molecule has 0 aliphatic rings. The molecule has 3 heterocycles. The Morgan fingerprint density at radius 2 is 1.94 bits per heavy atom. The molecule has 32 heavy (non-hydrogen) atoms. The summed E-state index contributed by atoms with van der Waals surface area (Å²) in [6.45, 7) is 10.3. The quantitative estimate of drug-likeness (QED) is 0.338. The zero-order valence-corrected chi connectivity index (χ0v) is 20.5. The van der Waals surface area contributed by atoms with Gasteiger partial charge in [-0.15, -0.1) is 0 Å². The number of fused-ring (bicyclic) bond motifs is 1. The highest BCUT2D eigenvalue weighted by Gasteiger charge is 2.16. The summed E-state index contributed by atoms with van der Waals surface area (Å²) in [4.78, 5) is 22.6. The second-order valence-corrected chi connectivity index (χ2v) is 9.07. The van der Waals surface area contributed by atoms with Crippen molar-refractivity contribution in [3.63, 3.8) is 0 Å². The van der Waals surface area contributed by atoms with Crippen molar-refractivity contribution in [2.45, 2.75) is 47.0 Å². The molecule has 0 N–H and O–H groups in total. The van der Waals surface area contributed by atoms with Crippen molar-refractivity contribution in [3.8, 4) is 5.82 Å². The predicted molar refractivity (Wildman–Crippen MR) is 133 cm³/mol. The molecular weight excluding hydrogens is 466 g/mol. The van der Waals surface area contributed by atoms with Crippen LogP contribution >= 0.6 is 15.9 Å². The highest BCUT2D eigenvalue weighted by atomic mass is 79.9. The summed E-state index contributed by atoms with van der Waals surface area (Å²) in [5.74, 6) is 1.63. The maximum atomic E-state index is 13.3. The highest BCUT2D eigenvalue weighted by molar-refractivity contribution is 9.10. The van der Waals surface area contributed by atoms with Gasteiger partial charge in [0.05, 0.1) is 17.1 Å². The molecule has 1 aromatic carbocycles. The number of hydrogen-bond acceptors (Lipinski definition) is 4. The summed E-state index contributed by atoms with van der Waals surface area (Å²) in [6.07, 6.45) is 4.42. The van der Waals surface area contributed by atoms with Gasteiger partial charge in [0.25, 0.3) is 5.56 Å². The first-order chi connectivity index (χ1) is 15.3. The molecule has 3 aromatic heterocycles. The van der Waals surface area contributed by atoms with E-state index in [0.717, 1.165) is 39.2 Å². The van der Waals surface area contributed by atoms with Gasteiger partial charge in [-0.05, 0) is 69.2 Å². The molecule has 0 amide bonds. The molecule has 4 rings (SSSR count). The van der Waals surface area contributed by atoms with E-state index in [9.17, 15) is 4.79 Å². The third-order valence-corrected chi connectivity index (χ3v) is 6.29. The first-order valence-electron chi connectivity index (χ1n) is 10.7. The van der Waals surface area contributed by atoms with E-state index in [1.165, 1.54) is 4.68 Å². The van der Waals surface area contributed by atoms with E-state index in [2.05, 4.69) is 63.5 Å². The van der Waals surface area contributed by atoms with Gasteiger partial charge in [-0.25, -0.2) is 9.97 Å². The molecule has 0 aliphatic heterocycles. The highest BCUT2D eigenvalue weighted by Crippen LogP contribution is 2.22. The normalized spacial score (nSPS) is 12.7. The van der Waals surface area contributed by atoms with Crippen LogP contribution in [0.3, 0.4) is 0 Å². The Morgan fingerprint density at radius 1 is 1.16 bits per heavy atom. The third-order valence-electron chi connectivity index (χ3n) is 5.80. The van der Waals surface area contributed by atoms with E-state index in [4.69, 9.17) is 4.98 Å². The standard InChI is InChI=1S/C25H26BrN5O/c1-6-16(3)24-29-22-8-7-20(26)13-21(22)25(32)31(24)28-14-19-12-17(4)30(18(19)5)23-11-15(2)9-10-27-23/h7-14,16H,6H2,1-5H3/t16-/m0/s1. The van der Waals surface area contributed by atoms with Crippen molar-refractivity contribution in [2.75, 3.05) is 0 Å². The smallest absolute Gasteiger partial charge is 0.282 e. The lowest BCUT2D eigenvalue weighted by molar-refractivity contribution is 0.613. The van der Waals surface area contributed by atoms with Crippen molar-refractivity contribution in [1.29, 1.82) is 0 Å². The van der Waals surface area contributed by atoms with E-state index in [1.54, 1.807) is 12.3 Å². The average molecular weight is 492 g/mol. The van der Waals surface area contributed by atoms with Crippen LogP contribution in [0.1, 0.15) is 54.5 Å². The Labute approximate surface area is 195 Å². The topological polar surface area (TPSA) is 65.1 Å². The van der Waals surface area contributed by atoms with Crippen molar-refractivity contribution in [2.24, 2.45) is 5.10 Å². The molecule has 6 nitrogen and oxygen atoms in total. The fourth-order valence-corrected chi connectivity index (χ4v) is 4.17. The SMILES string of the molecule is CC[C@H](C)c1nc2ccc(Br)cc2c(=O)n1N=Cc1cc(C)n(-c2cc(C)ccn2)c1C. The van der Waals surface area contributed by atoms with Gasteiger partial charge in [0.1, 0.15) is 11.6 Å². The van der Waals surface area contributed by atoms with Gasteiger partial charge in [-0.2, -0.15) is 9.78 Å². The number of aryl methyl sites for hydroxylation is 2. The fourth-order valence-electron chi connectivity index (χ4n) is 3.81. The molecule has 4 aromatic rings. The van der Waals surface area contributed by atoms with Gasteiger partial charge in [0.2, 0.25) is 0 Å². The second kappa shape index (κ2) is 8.82. The van der Waals surface area contributed by atoms with Crippen LogP contribution in [0.25, 0.3) is 16.7 Å². The molecule has 0 fully saturated rings. The Kier molecular flexibility index (Phi) is 6.11. The Hall–Kier alpha value is -3.06. The Morgan fingerprint density at radius 3 is 2.66 bits per heavy atom. The van der Waals surface area contributed by atoms with Crippen LogP contribution in [0, 0.1) is 20.8 Å². The molecule has 0 saturated carbocycles.